The fourth-order valence-electron chi connectivity index (χ4n) is 2.49. The molecule has 138 valence electrons. The number of carboxylic acids is 1. The van der Waals surface area contributed by atoms with E-state index in [2.05, 4.69) is 0 Å². The third-order valence-electron chi connectivity index (χ3n) is 3.91. The molecule has 0 radical (unpaired) electrons. The Morgan fingerprint density at radius 3 is 2.52 bits per heavy atom. The summed E-state index contributed by atoms with van der Waals surface area (Å²) in [5.74, 6) is -1.13. The molecule has 2 amide bonds. The van der Waals surface area contributed by atoms with Crippen LogP contribution in [0.1, 0.15) is 18.1 Å². The predicted octanol–water partition coefficient (Wildman–Crippen LogP) is 3.78. The molecule has 27 heavy (non-hydrogen) atoms. The number of nitrogens with zero attached hydrogens (tertiary/aromatic N) is 1. The van der Waals surface area contributed by atoms with Gasteiger partial charge >= 0.3 is 5.97 Å². The van der Waals surface area contributed by atoms with Crippen LogP contribution in [0.4, 0.5) is 4.79 Å². The smallest absolute Gasteiger partial charge is 0.344 e. The highest BCUT2D eigenvalue weighted by Gasteiger charge is 2.35. The van der Waals surface area contributed by atoms with Crippen LogP contribution in [0.2, 0.25) is 0 Å². The average Bonchev–Trinajstić information content (AvgIpc) is 2.91. The Morgan fingerprint density at radius 2 is 1.81 bits per heavy atom. The van der Waals surface area contributed by atoms with E-state index in [1.165, 1.54) is 11.8 Å². The van der Waals surface area contributed by atoms with Gasteiger partial charge in [-0.1, -0.05) is 48.5 Å². The second-order valence-electron chi connectivity index (χ2n) is 5.89. The van der Waals surface area contributed by atoms with E-state index in [0.717, 1.165) is 17.3 Å². The van der Waals surface area contributed by atoms with Crippen LogP contribution in [0.5, 0.6) is 5.75 Å². The Labute approximate surface area is 160 Å². The van der Waals surface area contributed by atoms with Crippen molar-refractivity contribution in [3.8, 4) is 5.75 Å². The molecule has 1 aliphatic heterocycles. The highest BCUT2D eigenvalue weighted by molar-refractivity contribution is 8.18. The molecule has 2 aromatic rings. The number of hydrogen-bond donors (Lipinski definition) is 1. The highest BCUT2D eigenvalue weighted by Crippen LogP contribution is 2.35. The monoisotopic (exact) mass is 383 g/mol. The zero-order valence-corrected chi connectivity index (χ0v) is 15.3. The third kappa shape index (κ3) is 4.38. The van der Waals surface area contributed by atoms with Gasteiger partial charge in [-0.15, -0.1) is 0 Å². The summed E-state index contributed by atoms with van der Waals surface area (Å²) in [6.07, 6.45) is 0.521. The van der Waals surface area contributed by atoms with Gasteiger partial charge in [-0.2, -0.15) is 0 Å². The molecule has 1 unspecified atom stereocenters. The molecular weight excluding hydrogens is 366 g/mol. The lowest BCUT2D eigenvalue weighted by atomic mass is 10.1. The van der Waals surface area contributed by atoms with E-state index in [0.29, 0.717) is 11.3 Å². The first kappa shape index (κ1) is 18.7. The zero-order chi connectivity index (χ0) is 19.4. The van der Waals surface area contributed by atoms with Crippen molar-refractivity contribution in [2.24, 2.45) is 0 Å². The van der Waals surface area contributed by atoms with Crippen molar-refractivity contribution in [3.05, 3.63) is 70.6 Å². The number of aliphatic carboxylic acids is 1. The molecular formula is C20H17NO5S. The summed E-state index contributed by atoms with van der Waals surface area (Å²) in [6.45, 7) is 1.63. The van der Waals surface area contributed by atoms with Crippen LogP contribution in [0, 0.1) is 0 Å². The van der Waals surface area contributed by atoms with Gasteiger partial charge in [0.25, 0.3) is 11.1 Å². The number of carbonyl (C=O) groups is 3. The number of benzene rings is 2. The molecule has 0 saturated carbocycles. The van der Waals surface area contributed by atoms with Gasteiger partial charge in [0, 0.05) is 5.56 Å². The summed E-state index contributed by atoms with van der Waals surface area (Å²) in [4.78, 5) is 37.4. The lowest BCUT2D eigenvalue weighted by molar-refractivity contribution is -0.144. The molecule has 1 atom stereocenters. The van der Waals surface area contributed by atoms with E-state index in [1.807, 2.05) is 30.3 Å². The number of imide groups is 1. The first-order valence-electron chi connectivity index (χ1n) is 8.23. The second-order valence-corrected chi connectivity index (χ2v) is 6.88. The summed E-state index contributed by atoms with van der Waals surface area (Å²) in [6, 6.07) is 16.1. The van der Waals surface area contributed by atoms with Gasteiger partial charge in [0.15, 0.2) is 6.10 Å². The zero-order valence-electron chi connectivity index (χ0n) is 14.5. The molecule has 2 aromatic carbocycles. The largest absolute Gasteiger partial charge is 0.479 e. The van der Waals surface area contributed by atoms with Crippen molar-refractivity contribution in [2.45, 2.75) is 19.6 Å². The maximum Gasteiger partial charge on any atom is 0.344 e. The number of ether oxygens (including phenoxy) is 1. The van der Waals surface area contributed by atoms with Crippen molar-refractivity contribution >= 4 is 35.0 Å². The van der Waals surface area contributed by atoms with Crippen molar-refractivity contribution in [2.75, 3.05) is 0 Å². The van der Waals surface area contributed by atoms with Crippen molar-refractivity contribution in [1.82, 2.24) is 4.90 Å². The number of hydrogen-bond acceptors (Lipinski definition) is 5. The molecule has 1 aliphatic rings. The molecule has 0 aromatic heterocycles. The summed E-state index contributed by atoms with van der Waals surface area (Å²) >= 11 is 0.856. The van der Waals surface area contributed by atoms with Gasteiger partial charge < -0.3 is 9.84 Å². The number of para-hydroxylation sites is 1. The standard InChI is InChI=1S/C20H17NO5S/c1-13(19(23)24)26-16-10-6-5-9-15(16)11-17-18(22)21(20(25)27-17)12-14-7-3-2-4-8-14/h2-11,13H,12H2,1H3,(H,23,24)/b17-11+. The lowest BCUT2D eigenvalue weighted by Crippen LogP contribution is -2.27. The molecule has 1 fully saturated rings. The molecule has 1 N–H and O–H groups in total. The Kier molecular flexibility index (Phi) is 5.61. The third-order valence-corrected chi connectivity index (χ3v) is 4.82. The number of rotatable bonds is 6. The first-order chi connectivity index (χ1) is 13.0. The molecule has 0 bridgehead atoms. The Morgan fingerprint density at radius 1 is 1.15 bits per heavy atom. The summed E-state index contributed by atoms with van der Waals surface area (Å²) in [7, 11) is 0. The minimum atomic E-state index is -1.09. The number of carboxylic acid groups (broad SMARTS) is 1. The maximum absolute atomic E-state index is 12.6. The van der Waals surface area contributed by atoms with Crippen LogP contribution in [0.3, 0.4) is 0 Å². The second kappa shape index (κ2) is 8.09. The van der Waals surface area contributed by atoms with E-state index in [9.17, 15) is 14.4 Å². The van der Waals surface area contributed by atoms with Gasteiger partial charge in [-0.25, -0.2) is 4.79 Å². The summed E-state index contributed by atoms with van der Waals surface area (Å²) < 4.78 is 5.44. The molecule has 7 heteroatoms. The van der Waals surface area contributed by atoms with Crippen LogP contribution in [-0.2, 0) is 16.1 Å². The number of carbonyl (C=O) groups excluding carboxylic acids is 2. The minimum Gasteiger partial charge on any atom is -0.479 e. The van der Waals surface area contributed by atoms with Gasteiger partial charge in [-0.3, -0.25) is 14.5 Å². The van der Waals surface area contributed by atoms with Crippen molar-refractivity contribution in [3.63, 3.8) is 0 Å². The van der Waals surface area contributed by atoms with E-state index in [-0.39, 0.29) is 22.6 Å². The Bertz CT molecular complexity index is 910. The van der Waals surface area contributed by atoms with Crippen LogP contribution in [0.15, 0.2) is 59.5 Å². The topological polar surface area (TPSA) is 83.9 Å². The van der Waals surface area contributed by atoms with Crippen LogP contribution in [-0.4, -0.2) is 33.2 Å². The predicted molar refractivity (Wildman–Crippen MR) is 102 cm³/mol. The van der Waals surface area contributed by atoms with E-state index in [1.54, 1.807) is 30.3 Å². The Hall–Kier alpha value is -3.06. The molecule has 1 heterocycles. The summed E-state index contributed by atoms with van der Waals surface area (Å²) in [5.41, 5.74) is 1.40. The minimum absolute atomic E-state index is 0.205. The fourth-order valence-corrected chi connectivity index (χ4v) is 3.32. The molecule has 0 spiro atoms. The molecule has 6 nitrogen and oxygen atoms in total. The van der Waals surface area contributed by atoms with Gasteiger partial charge in [0.05, 0.1) is 11.4 Å². The number of thioether (sulfide) groups is 1. The normalized spacial score (nSPS) is 16.6. The Balaban J connectivity index is 1.83. The van der Waals surface area contributed by atoms with Crippen molar-refractivity contribution in [1.29, 1.82) is 0 Å². The van der Waals surface area contributed by atoms with Gasteiger partial charge in [-0.05, 0) is 36.4 Å². The molecule has 3 rings (SSSR count). The van der Waals surface area contributed by atoms with Crippen molar-refractivity contribution < 1.29 is 24.2 Å². The fraction of sp³-hybridized carbons (Fsp3) is 0.150. The van der Waals surface area contributed by atoms with Crippen LogP contribution in [0.25, 0.3) is 6.08 Å². The van der Waals surface area contributed by atoms with E-state index < -0.39 is 12.1 Å². The number of amides is 2. The lowest BCUT2D eigenvalue weighted by Gasteiger charge is -2.13. The SMILES string of the molecule is CC(Oc1ccccc1/C=C1/SC(=O)N(Cc2ccccc2)C1=O)C(=O)O. The molecule has 0 aliphatic carbocycles. The van der Waals surface area contributed by atoms with E-state index in [4.69, 9.17) is 9.84 Å². The van der Waals surface area contributed by atoms with E-state index >= 15 is 0 Å². The maximum atomic E-state index is 12.6. The van der Waals surface area contributed by atoms with Crippen LogP contribution >= 0.6 is 11.8 Å². The van der Waals surface area contributed by atoms with Gasteiger partial charge in [0.1, 0.15) is 5.75 Å². The summed E-state index contributed by atoms with van der Waals surface area (Å²) in [5, 5.41) is 8.68. The molecule has 1 saturated heterocycles. The quantitative estimate of drug-likeness (QED) is 0.765. The highest BCUT2D eigenvalue weighted by atomic mass is 32.2. The van der Waals surface area contributed by atoms with Gasteiger partial charge in [0.2, 0.25) is 0 Å². The average molecular weight is 383 g/mol. The first-order valence-corrected chi connectivity index (χ1v) is 9.05. The van der Waals surface area contributed by atoms with Crippen LogP contribution < -0.4 is 4.74 Å².